The second kappa shape index (κ2) is 5.53. The van der Waals surface area contributed by atoms with Crippen LogP contribution in [-0.4, -0.2) is 43.2 Å². The molecule has 1 aliphatic heterocycles. The maximum Gasteiger partial charge on any atom is 0.191 e. The van der Waals surface area contributed by atoms with Crippen LogP contribution in [-0.2, 0) is 4.74 Å². The molecular weight excluding hydrogens is 341 g/mol. The average Bonchev–Trinajstić information content (AvgIpc) is 3.15. The third-order valence-corrected chi connectivity index (χ3v) is 4.46. The van der Waals surface area contributed by atoms with Crippen molar-refractivity contribution in [3.63, 3.8) is 0 Å². The lowest BCUT2D eigenvalue weighted by Gasteiger charge is -2.32. The maximum absolute atomic E-state index is 6.09. The Hall–Kier alpha value is -0.0400. The first-order valence-electron chi connectivity index (χ1n) is 6.86. The molecule has 4 nitrogen and oxygen atoms in total. The molecule has 3 aliphatic rings. The topological polar surface area (TPSA) is 50.8 Å². The van der Waals surface area contributed by atoms with Gasteiger partial charge in [0.1, 0.15) is 0 Å². The van der Waals surface area contributed by atoms with Crippen LogP contribution in [0.25, 0.3) is 0 Å². The van der Waals surface area contributed by atoms with E-state index in [1.165, 1.54) is 25.7 Å². The van der Waals surface area contributed by atoms with E-state index in [2.05, 4.69) is 16.8 Å². The number of hydrogen-bond donors (Lipinski definition) is 1. The van der Waals surface area contributed by atoms with Crippen molar-refractivity contribution in [3.8, 4) is 0 Å². The van der Waals surface area contributed by atoms with E-state index in [1.807, 2.05) is 0 Å². The van der Waals surface area contributed by atoms with Gasteiger partial charge in [0.25, 0.3) is 0 Å². The highest BCUT2D eigenvalue weighted by atomic mass is 127. The average molecular weight is 365 g/mol. The van der Waals surface area contributed by atoms with Gasteiger partial charge in [0, 0.05) is 19.6 Å². The van der Waals surface area contributed by atoms with Crippen molar-refractivity contribution >= 4 is 29.9 Å². The molecule has 0 amide bonds. The van der Waals surface area contributed by atoms with E-state index >= 15 is 0 Å². The highest BCUT2D eigenvalue weighted by Crippen LogP contribution is 2.61. The Balaban J connectivity index is 0.00000120. The van der Waals surface area contributed by atoms with Crippen LogP contribution in [0.2, 0.25) is 0 Å². The van der Waals surface area contributed by atoms with Gasteiger partial charge in [-0.3, -0.25) is 4.99 Å². The van der Waals surface area contributed by atoms with E-state index < -0.39 is 0 Å². The summed E-state index contributed by atoms with van der Waals surface area (Å²) < 4.78 is 5.51. The predicted octanol–water partition coefficient (Wildman–Crippen LogP) is 1.83. The first kappa shape index (κ1) is 14.4. The fraction of sp³-hybridized carbons (Fsp3) is 0.923. The number of halogens is 1. The molecule has 0 aromatic carbocycles. The molecule has 3 rings (SSSR count). The minimum Gasteiger partial charge on any atom is -0.375 e. The molecule has 0 spiro atoms. The van der Waals surface area contributed by atoms with E-state index in [9.17, 15) is 0 Å². The molecule has 1 heterocycles. The normalized spacial score (nSPS) is 30.8. The van der Waals surface area contributed by atoms with Gasteiger partial charge in [0.15, 0.2) is 5.96 Å². The molecule has 1 saturated heterocycles. The smallest absolute Gasteiger partial charge is 0.191 e. The number of rotatable bonds is 3. The molecule has 0 aromatic heterocycles. The summed E-state index contributed by atoms with van der Waals surface area (Å²) in [5.41, 5.74) is 6.64. The summed E-state index contributed by atoms with van der Waals surface area (Å²) in [4.78, 5) is 6.81. The molecule has 1 atom stereocenters. The van der Waals surface area contributed by atoms with E-state index in [1.54, 1.807) is 0 Å². The summed E-state index contributed by atoms with van der Waals surface area (Å²) in [5, 5.41) is 0. The third-order valence-electron chi connectivity index (χ3n) is 4.46. The fourth-order valence-electron chi connectivity index (χ4n) is 2.92. The van der Waals surface area contributed by atoms with E-state index in [-0.39, 0.29) is 30.1 Å². The second-order valence-corrected chi connectivity index (χ2v) is 5.94. The summed E-state index contributed by atoms with van der Waals surface area (Å²) in [6.07, 6.45) is 5.85. The van der Waals surface area contributed by atoms with Crippen molar-refractivity contribution in [1.29, 1.82) is 0 Å². The molecular formula is C13H24IN3O. The Morgan fingerprint density at radius 1 is 1.44 bits per heavy atom. The summed E-state index contributed by atoms with van der Waals surface area (Å²) in [6.45, 7) is 5.58. The van der Waals surface area contributed by atoms with Crippen molar-refractivity contribution in [1.82, 2.24) is 4.90 Å². The first-order chi connectivity index (χ1) is 8.20. The van der Waals surface area contributed by atoms with Gasteiger partial charge in [-0.2, -0.15) is 0 Å². The molecule has 1 unspecified atom stereocenters. The van der Waals surface area contributed by atoms with Crippen LogP contribution in [0, 0.1) is 11.3 Å². The zero-order chi connectivity index (χ0) is 11.9. The van der Waals surface area contributed by atoms with E-state index in [4.69, 9.17) is 10.5 Å². The molecule has 2 N–H and O–H groups in total. The standard InChI is InChI=1S/C13H23N3O.HI/c1-10-8-16(6-7-17-10)12(14)15-9-13(4-5-13)11-2-3-11;/h10-11H,2-9H2,1H3,(H2,14,15);1H. The number of nitrogens with zero attached hydrogens (tertiary/aromatic N) is 2. The van der Waals surface area contributed by atoms with Crippen LogP contribution in [0.5, 0.6) is 0 Å². The number of morpholine rings is 1. The lowest BCUT2D eigenvalue weighted by atomic mass is 10.0. The number of aliphatic imine (C=N–C) groups is 1. The molecule has 3 fully saturated rings. The first-order valence-corrected chi connectivity index (χ1v) is 6.86. The third kappa shape index (κ3) is 3.10. The van der Waals surface area contributed by atoms with E-state index in [0.717, 1.165) is 38.1 Å². The van der Waals surface area contributed by atoms with Crippen molar-refractivity contribution in [2.24, 2.45) is 22.1 Å². The van der Waals surface area contributed by atoms with Crippen LogP contribution < -0.4 is 5.73 Å². The van der Waals surface area contributed by atoms with Gasteiger partial charge in [0.2, 0.25) is 0 Å². The van der Waals surface area contributed by atoms with Gasteiger partial charge in [-0.25, -0.2) is 0 Å². The monoisotopic (exact) mass is 365 g/mol. The van der Waals surface area contributed by atoms with Crippen LogP contribution in [0.3, 0.4) is 0 Å². The number of nitrogens with two attached hydrogens (primary N) is 1. The van der Waals surface area contributed by atoms with Gasteiger partial charge in [0.05, 0.1) is 12.7 Å². The second-order valence-electron chi connectivity index (χ2n) is 5.94. The van der Waals surface area contributed by atoms with Crippen molar-refractivity contribution in [3.05, 3.63) is 0 Å². The minimum atomic E-state index is 0. The highest BCUT2D eigenvalue weighted by Gasteiger charge is 2.53. The number of hydrogen-bond acceptors (Lipinski definition) is 2. The molecule has 2 saturated carbocycles. The summed E-state index contributed by atoms with van der Waals surface area (Å²) in [6, 6.07) is 0. The zero-order valence-corrected chi connectivity index (χ0v) is 13.4. The van der Waals surface area contributed by atoms with Crippen LogP contribution in [0.15, 0.2) is 4.99 Å². The Labute approximate surface area is 126 Å². The summed E-state index contributed by atoms with van der Waals surface area (Å²) in [5.74, 6) is 1.69. The fourth-order valence-corrected chi connectivity index (χ4v) is 2.92. The minimum absolute atomic E-state index is 0. The summed E-state index contributed by atoms with van der Waals surface area (Å²) >= 11 is 0. The predicted molar refractivity (Wildman–Crippen MR) is 83.3 cm³/mol. The molecule has 0 radical (unpaired) electrons. The van der Waals surface area contributed by atoms with Crippen LogP contribution >= 0.6 is 24.0 Å². The lowest BCUT2D eigenvalue weighted by Crippen LogP contribution is -2.48. The lowest BCUT2D eigenvalue weighted by molar-refractivity contribution is 0.00526. The summed E-state index contributed by atoms with van der Waals surface area (Å²) in [7, 11) is 0. The number of guanidine groups is 1. The molecule has 0 aromatic rings. The Kier molecular flexibility index (Phi) is 4.41. The van der Waals surface area contributed by atoms with Crippen LogP contribution in [0.4, 0.5) is 0 Å². The quantitative estimate of drug-likeness (QED) is 0.472. The maximum atomic E-state index is 6.09. The van der Waals surface area contributed by atoms with Gasteiger partial charge in [-0.15, -0.1) is 24.0 Å². The van der Waals surface area contributed by atoms with Gasteiger partial charge in [-0.1, -0.05) is 0 Å². The highest BCUT2D eigenvalue weighted by molar-refractivity contribution is 14.0. The van der Waals surface area contributed by atoms with Crippen molar-refractivity contribution in [2.45, 2.75) is 38.7 Å². The Morgan fingerprint density at radius 3 is 2.72 bits per heavy atom. The van der Waals surface area contributed by atoms with E-state index in [0.29, 0.717) is 5.41 Å². The zero-order valence-electron chi connectivity index (χ0n) is 11.1. The molecule has 2 aliphatic carbocycles. The van der Waals surface area contributed by atoms with Gasteiger partial charge in [-0.05, 0) is 43.9 Å². The van der Waals surface area contributed by atoms with Crippen LogP contribution in [0.1, 0.15) is 32.6 Å². The van der Waals surface area contributed by atoms with Gasteiger partial charge < -0.3 is 15.4 Å². The van der Waals surface area contributed by atoms with Crippen molar-refractivity contribution < 1.29 is 4.74 Å². The Bertz CT molecular complexity index is 326. The number of ether oxygens (including phenoxy) is 1. The Morgan fingerprint density at radius 2 is 2.17 bits per heavy atom. The SMILES string of the molecule is CC1CN(C(N)=NCC2(C3CC3)CC2)CCO1.I. The molecule has 5 heteroatoms. The largest absolute Gasteiger partial charge is 0.375 e. The molecule has 0 bridgehead atoms. The molecule has 104 valence electrons. The van der Waals surface area contributed by atoms with Crippen molar-refractivity contribution in [2.75, 3.05) is 26.2 Å². The van der Waals surface area contributed by atoms with Gasteiger partial charge >= 0.3 is 0 Å². The molecule has 18 heavy (non-hydrogen) atoms.